The number of Topliss-reactive ketones (excluding diaryl/α,β-unsaturated/α-hetero) is 1. The number of halogens is 1. The highest BCUT2D eigenvalue weighted by Gasteiger charge is 2.36. The van der Waals surface area contributed by atoms with Gasteiger partial charge in [0.05, 0.1) is 12.0 Å². The molecular weight excluding hydrogens is 248 g/mol. The van der Waals surface area contributed by atoms with Crippen molar-refractivity contribution in [3.63, 3.8) is 0 Å². The zero-order chi connectivity index (χ0) is 13.3. The van der Waals surface area contributed by atoms with Crippen molar-refractivity contribution >= 4 is 17.4 Å². The predicted molar refractivity (Wildman–Crippen MR) is 73.5 cm³/mol. The number of fused-ring (bicyclic) bond motifs is 1. The van der Waals surface area contributed by atoms with Crippen LogP contribution in [0, 0.1) is 5.92 Å². The lowest BCUT2D eigenvalue weighted by atomic mass is 9.86. The van der Waals surface area contributed by atoms with E-state index in [-0.39, 0.29) is 11.4 Å². The smallest absolute Gasteiger partial charge is 0.170 e. The fourth-order valence-corrected chi connectivity index (χ4v) is 2.45. The Morgan fingerprint density at radius 1 is 1.44 bits per heavy atom. The summed E-state index contributed by atoms with van der Waals surface area (Å²) in [6.07, 6.45) is 2.40. The van der Waals surface area contributed by atoms with E-state index < -0.39 is 0 Å². The van der Waals surface area contributed by atoms with Gasteiger partial charge in [0, 0.05) is 5.02 Å². The van der Waals surface area contributed by atoms with Gasteiger partial charge in [-0.15, -0.1) is 0 Å². The highest BCUT2D eigenvalue weighted by Crippen LogP contribution is 2.37. The molecule has 0 aliphatic carbocycles. The maximum absolute atomic E-state index is 12.2. The van der Waals surface area contributed by atoms with E-state index in [1.54, 1.807) is 18.2 Å². The normalized spacial score (nSPS) is 22.8. The molecular formula is C15H19ClO2. The Morgan fingerprint density at radius 3 is 2.83 bits per heavy atom. The molecule has 0 saturated heterocycles. The first-order valence-electron chi connectivity index (χ1n) is 6.41. The van der Waals surface area contributed by atoms with Crippen LogP contribution in [0.25, 0.3) is 0 Å². The molecule has 1 atom stereocenters. The van der Waals surface area contributed by atoms with E-state index >= 15 is 0 Å². The van der Waals surface area contributed by atoms with Crippen molar-refractivity contribution in [3.8, 4) is 5.75 Å². The number of hydrogen-bond acceptors (Lipinski definition) is 2. The molecule has 2 rings (SSSR count). The highest BCUT2D eigenvalue weighted by atomic mass is 35.5. The molecule has 0 radical (unpaired) electrons. The van der Waals surface area contributed by atoms with Gasteiger partial charge in [0.15, 0.2) is 5.78 Å². The minimum atomic E-state index is -0.373. The van der Waals surface area contributed by atoms with E-state index in [0.29, 0.717) is 28.7 Å². The van der Waals surface area contributed by atoms with Gasteiger partial charge in [0.1, 0.15) is 11.4 Å². The Bertz CT molecular complexity index is 468. The second-order valence-electron chi connectivity index (χ2n) is 5.72. The van der Waals surface area contributed by atoms with Gasteiger partial charge < -0.3 is 4.74 Å². The molecule has 2 nitrogen and oxygen atoms in total. The van der Waals surface area contributed by atoms with Crippen molar-refractivity contribution in [2.75, 3.05) is 0 Å². The van der Waals surface area contributed by atoms with Gasteiger partial charge >= 0.3 is 0 Å². The number of carbonyl (C=O) groups excluding carboxylic acids is 1. The Balaban J connectivity index is 2.22. The van der Waals surface area contributed by atoms with Crippen molar-refractivity contribution in [1.29, 1.82) is 0 Å². The van der Waals surface area contributed by atoms with Crippen LogP contribution in [0.1, 0.15) is 50.4 Å². The zero-order valence-corrected chi connectivity index (χ0v) is 11.9. The first-order valence-corrected chi connectivity index (χ1v) is 6.79. The average Bonchev–Trinajstić information content (AvgIpc) is 2.28. The summed E-state index contributed by atoms with van der Waals surface area (Å²) in [5.41, 5.74) is 0.242. The van der Waals surface area contributed by atoms with Crippen LogP contribution in [0.2, 0.25) is 5.02 Å². The van der Waals surface area contributed by atoms with Gasteiger partial charge in [-0.25, -0.2) is 0 Å². The third-order valence-corrected chi connectivity index (χ3v) is 3.62. The quantitative estimate of drug-likeness (QED) is 0.805. The molecule has 3 heteroatoms. The molecule has 0 bridgehead atoms. The van der Waals surface area contributed by atoms with Gasteiger partial charge in [-0.2, -0.15) is 0 Å². The van der Waals surface area contributed by atoms with E-state index in [1.807, 2.05) is 6.92 Å². The monoisotopic (exact) mass is 266 g/mol. The van der Waals surface area contributed by atoms with Crippen LogP contribution in [-0.4, -0.2) is 11.4 Å². The third-order valence-electron chi connectivity index (χ3n) is 3.38. The minimum Gasteiger partial charge on any atom is -0.486 e. The summed E-state index contributed by atoms with van der Waals surface area (Å²) in [6.45, 7) is 6.38. The standard InChI is InChI=1S/C15H19ClO2/c1-10(2)6-7-15(3)9-13(17)12-8-11(16)4-5-14(12)18-15/h4-5,8,10H,6-7,9H2,1-3H3. The Morgan fingerprint density at radius 2 is 2.17 bits per heavy atom. The summed E-state index contributed by atoms with van der Waals surface area (Å²) in [6, 6.07) is 5.26. The molecule has 0 fully saturated rings. The lowest BCUT2D eigenvalue weighted by Gasteiger charge is -2.35. The van der Waals surface area contributed by atoms with Gasteiger partial charge in [-0.05, 0) is 43.9 Å². The summed E-state index contributed by atoms with van der Waals surface area (Å²) in [7, 11) is 0. The number of rotatable bonds is 3. The third kappa shape index (κ3) is 2.86. The first kappa shape index (κ1) is 13.4. The van der Waals surface area contributed by atoms with Crippen LogP contribution in [0.4, 0.5) is 0 Å². The van der Waals surface area contributed by atoms with Crippen molar-refractivity contribution in [2.45, 2.75) is 45.6 Å². The Kier molecular flexibility index (Phi) is 3.67. The van der Waals surface area contributed by atoms with Crippen LogP contribution >= 0.6 is 11.6 Å². The van der Waals surface area contributed by atoms with Gasteiger partial charge in [0.25, 0.3) is 0 Å². The molecule has 0 aromatic heterocycles. The van der Waals surface area contributed by atoms with Crippen molar-refractivity contribution in [2.24, 2.45) is 5.92 Å². The fourth-order valence-electron chi connectivity index (χ4n) is 2.28. The number of carbonyl (C=O) groups is 1. The second kappa shape index (κ2) is 4.93. The zero-order valence-electron chi connectivity index (χ0n) is 11.1. The van der Waals surface area contributed by atoms with Crippen molar-refractivity contribution < 1.29 is 9.53 Å². The maximum Gasteiger partial charge on any atom is 0.170 e. The van der Waals surface area contributed by atoms with Crippen molar-refractivity contribution in [3.05, 3.63) is 28.8 Å². The Labute approximate surface area is 113 Å². The van der Waals surface area contributed by atoms with Gasteiger partial charge in [-0.3, -0.25) is 4.79 Å². The molecule has 1 aromatic rings. The summed E-state index contributed by atoms with van der Waals surface area (Å²) in [5.74, 6) is 1.42. The largest absolute Gasteiger partial charge is 0.486 e. The molecule has 0 spiro atoms. The van der Waals surface area contributed by atoms with Gasteiger partial charge in [0.2, 0.25) is 0 Å². The number of hydrogen-bond donors (Lipinski definition) is 0. The first-order chi connectivity index (χ1) is 8.39. The summed E-state index contributed by atoms with van der Waals surface area (Å²) < 4.78 is 6.02. The summed E-state index contributed by atoms with van der Waals surface area (Å²) in [5, 5.41) is 0.580. The molecule has 98 valence electrons. The molecule has 0 amide bonds. The van der Waals surface area contributed by atoms with Crippen LogP contribution in [0.3, 0.4) is 0 Å². The summed E-state index contributed by atoms with van der Waals surface area (Å²) >= 11 is 5.91. The van der Waals surface area contributed by atoms with E-state index in [2.05, 4.69) is 13.8 Å². The van der Waals surface area contributed by atoms with E-state index in [0.717, 1.165) is 12.8 Å². The predicted octanol–water partition coefficient (Wildman–Crippen LogP) is 4.50. The molecule has 1 unspecified atom stereocenters. The van der Waals surface area contributed by atoms with Crippen LogP contribution in [-0.2, 0) is 0 Å². The molecule has 1 aromatic carbocycles. The topological polar surface area (TPSA) is 26.3 Å². The van der Waals surface area contributed by atoms with Crippen LogP contribution in [0.15, 0.2) is 18.2 Å². The average molecular weight is 267 g/mol. The minimum absolute atomic E-state index is 0.130. The SMILES string of the molecule is CC(C)CCC1(C)CC(=O)c2cc(Cl)ccc2O1. The molecule has 1 aliphatic rings. The summed E-state index contributed by atoms with van der Waals surface area (Å²) in [4.78, 5) is 12.2. The van der Waals surface area contributed by atoms with E-state index in [1.165, 1.54) is 0 Å². The number of ketones is 1. The maximum atomic E-state index is 12.2. The Hall–Kier alpha value is -1.02. The highest BCUT2D eigenvalue weighted by molar-refractivity contribution is 6.31. The molecule has 18 heavy (non-hydrogen) atoms. The molecule has 1 aliphatic heterocycles. The van der Waals surface area contributed by atoms with Crippen LogP contribution in [0.5, 0.6) is 5.75 Å². The lowest BCUT2D eigenvalue weighted by molar-refractivity contribution is 0.0436. The van der Waals surface area contributed by atoms with E-state index in [9.17, 15) is 4.79 Å². The molecule has 0 saturated carbocycles. The number of ether oxygens (including phenoxy) is 1. The lowest BCUT2D eigenvalue weighted by Crippen LogP contribution is -2.39. The second-order valence-corrected chi connectivity index (χ2v) is 6.16. The number of benzene rings is 1. The van der Waals surface area contributed by atoms with Crippen molar-refractivity contribution in [1.82, 2.24) is 0 Å². The molecule has 1 heterocycles. The van der Waals surface area contributed by atoms with Gasteiger partial charge in [-0.1, -0.05) is 25.4 Å². The molecule has 0 N–H and O–H groups in total. The van der Waals surface area contributed by atoms with Crippen LogP contribution < -0.4 is 4.74 Å². The fraction of sp³-hybridized carbons (Fsp3) is 0.533. The van der Waals surface area contributed by atoms with E-state index in [4.69, 9.17) is 16.3 Å².